The molecule has 1 unspecified atom stereocenters. The smallest absolute Gasteiger partial charge is 0.351 e. The van der Waals surface area contributed by atoms with Crippen LogP contribution in [-0.4, -0.2) is 117 Å². The van der Waals surface area contributed by atoms with Gasteiger partial charge in [0.25, 0.3) is 5.56 Å². The summed E-state index contributed by atoms with van der Waals surface area (Å²) in [4.78, 5) is 60.0. The van der Waals surface area contributed by atoms with Crippen molar-refractivity contribution < 1.29 is 57.9 Å². The number of nitrogens with zero attached hydrogens (tertiary/aromatic N) is 5. The Hall–Kier alpha value is -5.80. The molecular weight excluding hydrogens is 928 g/mol. The number of nitriles is 1. The van der Waals surface area contributed by atoms with E-state index >= 15 is 0 Å². The molecule has 2 saturated heterocycles. The lowest BCUT2D eigenvalue weighted by molar-refractivity contribution is -0.215. The fraction of sp³-hybridized carbons (Fsp3) is 0.378. The summed E-state index contributed by atoms with van der Waals surface area (Å²) in [5.74, 6) is 0.389. The molecule has 4 N–H and O–H groups in total. The molecule has 7 rings (SSSR count). The van der Waals surface area contributed by atoms with Gasteiger partial charge in [-0.05, 0) is 59.8 Å². The van der Waals surface area contributed by atoms with Gasteiger partial charge in [-0.25, -0.2) is 24.0 Å². The highest BCUT2D eigenvalue weighted by Crippen LogP contribution is 2.59. The van der Waals surface area contributed by atoms with Crippen LogP contribution in [0.5, 0.6) is 11.5 Å². The largest absolute Gasteiger partial charge is 0.862 e. The molecule has 4 heterocycles. The van der Waals surface area contributed by atoms with Crippen LogP contribution in [0.2, 0.25) is 0 Å². The Morgan fingerprint density at radius 1 is 0.882 bits per heavy atom. The number of aromatic nitrogens is 4. The number of hydrogen-bond donors (Lipinski definition) is 4. The SMILES string of the molecule is COc1ccc(C(OC[C@H]2O[C@@H](n3ccc(N=C(C)[O-])nc3=O)[C@H](OCOCCC#N)[C@@H]2O[P+](O)([S-])C[C@H]2O[C@@H](n3ccc(=O)[nH]c3=O)[C@H](O)[C@@H]2O)(c2ccccc2)c2ccc(OC)cc2)cc1. The summed E-state index contributed by atoms with van der Waals surface area (Å²) < 4.78 is 50.9. The van der Waals surface area contributed by atoms with E-state index in [9.17, 15) is 34.6 Å². The number of aliphatic hydroxyl groups excluding tert-OH is 2. The Balaban J connectivity index is 1.30. The number of ether oxygens (including phenoxy) is 7. The maximum atomic E-state index is 13.7. The van der Waals surface area contributed by atoms with Crippen LogP contribution < -0.4 is 31.5 Å². The molecule has 2 aromatic heterocycles. The number of aromatic amines is 1. The average molecular weight is 976 g/mol. The molecule has 0 radical (unpaired) electrons. The first-order chi connectivity index (χ1) is 32.7. The van der Waals surface area contributed by atoms with Crippen molar-refractivity contribution in [1.29, 1.82) is 5.26 Å². The minimum Gasteiger partial charge on any atom is -0.862 e. The van der Waals surface area contributed by atoms with Gasteiger partial charge in [0.2, 0.25) is 0 Å². The number of methoxy groups -OCH3 is 2. The first-order valence-corrected chi connectivity index (χ1v) is 23.9. The maximum Gasteiger partial charge on any atom is 0.351 e. The number of rotatable bonds is 20. The quantitative estimate of drug-likeness (QED) is 0.0164. The standard InChI is InChI=1S/C45H49N6O15PS/c1-27(52)47-35-18-21-51(43(56)48-35)42-40(62-26-61-23-7-20-46)39(66-67(58,68)25-34-37(54)38(55)41(65-34)50-22-19-36(53)49-44(50)57)33(64-42)24-63-45(28-8-5-4-6-9-28,29-10-14-31(59-2)15-11-29)30-12-16-32(60-3)17-13-30/h4-6,8-19,21-22,33-34,37-42,54-55H,7,23-26H2,1-3H3,(H,58,68)(H,49,53,57)(H,47,48,52,56)/p-1/t33-,34-,37-,38-,39-,40-,41-,42-,67?/m1/s1. The average Bonchev–Trinajstić information content (AvgIpc) is 3.79. The Morgan fingerprint density at radius 2 is 1.50 bits per heavy atom. The lowest BCUT2D eigenvalue weighted by atomic mass is 9.80. The molecule has 23 heteroatoms. The van der Waals surface area contributed by atoms with E-state index in [2.05, 4.69) is 15.0 Å². The summed E-state index contributed by atoms with van der Waals surface area (Å²) in [6, 6.07) is 28.1. The van der Waals surface area contributed by atoms with Crippen molar-refractivity contribution in [3.63, 3.8) is 0 Å². The maximum absolute atomic E-state index is 13.7. The third-order valence-electron chi connectivity index (χ3n) is 11.1. The molecule has 3 aromatic carbocycles. The first-order valence-electron chi connectivity index (χ1n) is 21.0. The van der Waals surface area contributed by atoms with Gasteiger partial charge in [-0.15, -0.1) is 0 Å². The number of H-pyrrole nitrogens is 1. The lowest BCUT2D eigenvalue weighted by Crippen LogP contribution is -2.43. The molecule has 2 fully saturated rings. The number of benzene rings is 3. The molecule has 5 aromatic rings. The predicted molar refractivity (Wildman–Crippen MR) is 243 cm³/mol. The Morgan fingerprint density at radius 3 is 2.09 bits per heavy atom. The molecule has 68 heavy (non-hydrogen) atoms. The van der Waals surface area contributed by atoms with Crippen molar-refractivity contribution in [1.82, 2.24) is 19.1 Å². The molecule has 2 aliphatic rings. The topological polar surface area (TPSA) is 283 Å². The van der Waals surface area contributed by atoms with Crippen molar-refractivity contribution in [2.75, 3.05) is 40.4 Å². The molecule has 360 valence electrons. The monoisotopic (exact) mass is 975 g/mol. The van der Waals surface area contributed by atoms with Crippen molar-refractivity contribution in [3.05, 3.63) is 151 Å². The summed E-state index contributed by atoms with van der Waals surface area (Å²) in [7, 11) is 3.09. The van der Waals surface area contributed by atoms with Gasteiger partial charge in [-0.3, -0.25) is 18.9 Å². The fourth-order valence-corrected chi connectivity index (χ4v) is 10.2. The van der Waals surface area contributed by atoms with E-state index in [1.807, 2.05) is 60.7 Å². The normalized spacial score (nSPS) is 23.8. The van der Waals surface area contributed by atoms with Gasteiger partial charge in [-0.1, -0.05) is 54.6 Å². The van der Waals surface area contributed by atoms with Crippen molar-refractivity contribution in [2.45, 2.75) is 68.0 Å². The Bertz CT molecular complexity index is 2680. The van der Waals surface area contributed by atoms with Gasteiger partial charge in [-0.2, -0.15) is 10.2 Å². The minimum atomic E-state index is -4.22. The molecule has 0 amide bonds. The zero-order valence-electron chi connectivity index (χ0n) is 36.8. The molecule has 0 saturated carbocycles. The highest BCUT2D eigenvalue weighted by Gasteiger charge is 2.55. The van der Waals surface area contributed by atoms with Gasteiger partial charge in [0.05, 0.1) is 39.9 Å². The molecule has 0 aliphatic carbocycles. The highest BCUT2D eigenvalue weighted by molar-refractivity contribution is 8.37. The van der Waals surface area contributed by atoms with Crippen molar-refractivity contribution >= 4 is 30.9 Å². The minimum absolute atomic E-state index is 0.0202. The van der Waals surface area contributed by atoms with Gasteiger partial charge < -0.3 is 60.7 Å². The third-order valence-corrected chi connectivity index (χ3v) is 13.2. The second kappa shape index (κ2) is 22.1. The Kier molecular flexibility index (Phi) is 16.3. The number of aliphatic hydroxyl groups is 2. The summed E-state index contributed by atoms with van der Waals surface area (Å²) in [5.41, 5.74) is -1.96. The van der Waals surface area contributed by atoms with Crippen LogP contribution in [0.25, 0.3) is 0 Å². The highest BCUT2D eigenvalue weighted by atomic mass is 32.7. The molecule has 0 bridgehead atoms. The van der Waals surface area contributed by atoms with Crippen molar-refractivity contribution in [3.8, 4) is 17.6 Å². The number of nitrogens with one attached hydrogen (secondary N) is 1. The summed E-state index contributed by atoms with van der Waals surface area (Å²) >= 11 is 5.74. The van der Waals surface area contributed by atoms with Crippen LogP contribution in [0.1, 0.15) is 42.5 Å². The summed E-state index contributed by atoms with van der Waals surface area (Å²) in [5, 5.41) is 43.1. The Labute approximate surface area is 394 Å². The van der Waals surface area contributed by atoms with E-state index < -0.39 is 97.4 Å². The van der Waals surface area contributed by atoms with Crippen LogP contribution in [-0.2, 0) is 46.1 Å². The summed E-state index contributed by atoms with van der Waals surface area (Å²) in [6.07, 6.45) is -9.97. The van der Waals surface area contributed by atoms with Crippen molar-refractivity contribution in [2.24, 2.45) is 4.99 Å². The fourth-order valence-electron chi connectivity index (χ4n) is 7.97. The second-order valence-corrected chi connectivity index (χ2v) is 19.1. The van der Waals surface area contributed by atoms with Gasteiger partial charge >= 0.3 is 11.4 Å². The first kappa shape index (κ1) is 50.1. The van der Waals surface area contributed by atoms with E-state index in [0.717, 1.165) is 21.4 Å². The van der Waals surface area contributed by atoms with E-state index in [0.29, 0.717) is 28.2 Å². The van der Waals surface area contributed by atoms with E-state index in [1.165, 1.54) is 19.2 Å². The molecular formula is C45H48N6O15PS-. The van der Waals surface area contributed by atoms with E-state index in [-0.39, 0.29) is 25.5 Å². The van der Waals surface area contributed by atoms with Gasteiger partial charge in [0, 0.05) is 18.5 Å². The molecule has 21 nitrogen and oxygen atoms in total. The van der Waals surface area contributed by atoms with Crippen LogP contribution in [0.4, 0.5) is 5.82 Å². The third kappa shape index (κ3) is 11.2. The zero-order chi connectivity index (χ0) is 48.6. The van der Waals surface area contributed by atoms with E-state index in [1.54, 1.807) is 38.5 Å². The van der Waals surface area contributed by atoms with E-state index in [4.69, 9.17) is 55.2 Å². The molecule has 0 spiro atoms. The predicted octanol–water partition coefficient (Wildman–Crippen LogP) is 1.71. The second-order valence-electron chi connectivity index (χ2n) is 15.5. The van der Waals surface area contributed by atoms with Crippen LogP contribution in [0.3, 0.4) is 0 Å². The summed E-state index contributed by atoms with van der Waals surface area (Å²) in [6.45, 7) is -3.88. The number of aliphatic imine (C=N–C) groups is 1. The van der Waals surface area contributed by atoms with Crippen LogP contribution in [0, 0.1) is 11.3 Å². The van der Waals surface area contributed by atoms with Crippen LogP contribution in [0.15, 0.2) is 123 Å². The number of hydrogen-bond acceptors (Lipinski definition) is 19. The van der Waals surface area contributed by atoms with Gasteiger partial charge in [0.1, 0.15) is 60.6 Å². The van der Waals surface area contributed by atoms with Crippen LogP contribution >= 0.6 is 6.92 Å². The lowest BCUT2D eigenvalue weighted by Gasteiger charge is -2.38. The zero-order valence-corrected chi connectivity index (χ0v) is 38.5. The van der Waals surface area contributed by atoms with Gasteiger partial charge in [0.15, 0.2) is 31.3 Å². The molecule has 9 atom stereocenters. The molecule has 2 aliphatic heterocycles.